The van der Waals surface area contributed by atoms with E-state index in [0.717, 1.165) is 33.5 Å². The fourth-order valence-electron chi connectivity index (χ4n) is 4.98. The van der Waals surface area contributed by atoms with Crippen LogP contribution in [0.5, 0.6) is 0 Å². The lowest BCUT2D eigenvalue weighted by Gasteiger charge is -2.09. The van der Waals surface area contributed by atoms with E-state index >= 15 is 0 Å². The quantitative estimate of drug-likeness (QED) is 0.238. The Labute approximate surface area is 226 Å². The van der Waals surface area contributed by atoms with E-state index in [1.54, 1.807) is 0 Å². The Morgan fingerprint density at radius 2 is 0.897 bits per heavy atom. The molecule has 0 aliphatic heterocycles. The molecular weight excluding hydrogens is 476 g/mol. The molecule has 4 nitrogen and oxygen atoms in total. The van der Waals surface area contributed by atoms with Crippen LogP contribution in [0.2, 0.25) is 0 Å². The second-order valence-electron chi connectivity index (χ2n) is 9.38. The molecule has 0 spiro atoms. The molecule has 0 unspecified atom stereocenters. The Kier molecular flexibility index (Phi) is 5.76. The van der Waals surface area contributed by atoms with Crippen LogP contribution in [0.4, 0.5) is 0 Å². The van der Waals surface area contributed by atoms with Gasteiger partial charge in [0.15, 0.2) is 17.5 Å². The van der Waals surface area contributed by atoms with Gasteiger partial charge in [-0.2, -0.15) is 0 Å². The highest BCUT2D eigenvalue weighted by atomic mass is 15.0. The van der Waals surface area contributed by atoms with Crippen molar-refractivity contribution in [3.63, 3.8) is 0 Å². The smallest absolute Gasteiger partial charge is 0.164 e. The minimum absolute atomic E-state index is 0.649. The zero-order chi connectivity index (χ0) is 26.0. The zero-order valence-electron chi connectivity index (χ0n) is 21.1. The highest BCUT2D eigenvalue weighted by Gasteiger charge is 2.15. The van der Waals surface area contributed by atoms with E-state index in [1.165, 1.54) is 10.9 Å². The van der Waals surface area contributed by atoms with Crippen LogP contribution in [0.15, 0.2) is 146 Å². The normalized spacial score (nSPS) is 11.1. The molecule has 0 fully saturated rings. The van der Waals surface area contributed by atoms with Crippen LogP contribution in [-0.2, 0) is 0 Å². The Balaban J connectivity index is 1.39. The molecule has 2 aromatic heterocycles. The van der Waals surface area contributed by atoms with Gasteiger partial charge in [-0.3, -0.25) is 0 Å². The summed E-state index contributed by atoms with van der Waals surface area (Å²) in [5, 5.41) is 1.20. The van der Waals surface area contributed by atoms with Gasteiger partial charge in [0.1, 0.15) is 0 Å². The molecule has 0 N–H and O–H groups in total. The summed E-state index contributed by atoms with van der Waals surface area (Å²) in [4.78, 5) is 14.7. The molecule has 7 aromatic rings. The second-order valence-corrected chi connectivity index (χ2v) is 9.38. The predicted molar refractivity (Wildman–Crippen MR) is 158 cm³/mol. The molecule has 0 amide bonds. The van der Waals surface area contributed by atoms with E-state index < -0.39 is 0 Å². The summed E-state index contributed by atoms with van der Waals surface area (Å²) in [6.07, 6.45) is 2.22. The molecule has 0 saturated heterocycles. The zero-order valence-corrected chi connectivity index (χ0v) is 21.1. The average molecular weight is 501 g/mol. The van der Waals surface area contributed by atoms with E-state index in [9.17, 15) is 0 Å². The number of nitrogens with zero attached hydrogens (tertiary/aromatic N) is 4. The van der Waals surface area contributed by atoms with Crippen LogP contribution in [0.1, 0.15) is 0 Å². The fraction of sp³-hybridized carbons (Fsp3) is 0. The maximum atomic E-state index is 4.92. The Hall–Kier alpha value is -5.35. The number of hydrogen-bond donors (Lipinski definition) is 0. The van der Waals surface area contributed by atoms with Crippen molar-refractivity contribution in [3.8, 4) is 51.0 Å². The van der Waals surface area contributed by atoms with Crippen LogP contribution >= 0.6 is 0 Å². The van der Waals surface area contributed by atoms with Crippen molar-refractivity contribution in [2.45, 2.75) is 0 Å². The number of aromatic nitrogens is 4. The van der Waals surface area contributed by atoms with Crippen molar-refractivity contribution in [3.05, 3.63) is 146 Å². The van der Waals surface area contributed by atoms with Crippen molar-refractivity contribution in [2.75, 3.05) is 0 Å². The lowest BCUT2D eigenvalue weighted by atomic mass is 10.0. The van der Waals surface area contributed by atoms with Crippen LogP contribution in [0, 0.1) is 0 Å². The molecule has 2 heterocycles. The third-order valence-corrected chi connectivity index (χ3v) is 6.88. The van der Waals surface area contributed by atoms with E-state index in [-0.39, 0.29) is 0 Å². The van der Waals surface area contributed by atoms with Gasteiger partial charge in [0, 0.05) is 39.5 Å². The van der Waals surface area contributed by atoms with Crippen molar-refractivity contribution in [1.29, 1.82) is 0 Å². The highest BCUT2D eigenvalue weighted by molar-refractivity contribution is 5.97. The van der Waals surface area contributed by atoms with E-state index in [1.807, 2.05) is 66.7 Å². The summed E-state index contributed by atoms with van der Waals surface area (Å²) in [6, 6.07) is 47.6. The van der Waals surface area contributed by atoms with Crippen LogP contribution in [0.3, 0.4) is 0 Å². The summed E-state index contributed by atoms with van der Waals surface area (Å²) >= 11 is 0. The first-order valence-electron chi connectivity index (χ1n) is 13.0. The van der Waals surface area contributed by atoms with Crippen molar-refractivity contribution >= 4 is 10.9 Å². The number of rotatable bonds is 5. The van der Waals surface area contributed by atoms with Crippen LogP contribution in [-0.4, -0.2) is 19.5 Å². The van der Waals surface area contributed by atoms with Crippen LogP contribution < -0.4 is 0 Å². The highest BCUT2D eigenvalue weighted by Crippen LogP contribution is 2.34. The number of hydrogen-bond acceptors (Lipinski definition) is 3. The Morgan fingerprint density at radius 1 is 0.410 bits per heavy atom. The van der Waals surface area contributed by atoms with Gasteiger partial charge in [-0.05, 0) is 29.8 Å². The third-order valence-electron chi connectivity index (χ3n) is 6.88. The molecular formula is C35H24N4. The molecule has 0 saturated carbocycles. The summed E-state index contributed by atoms with van der Waals surface area (Å²) < 4.78 is 2.25. The van der Waals surface area contributed by atoms with Gasteiger partial charge in [-0.15, -0.1) is 0 Å². The first-order chi connectivity index (χ1) is 19.3. The van der Waals surface area contributed by atoms with Gasteiger partial charge in [0.2, 0.25) is 0 Å². The lowest BCUT2D eigenvalue weighted by molar-refractivity contribution is 1.07. The Bertz CT molecular complexity index is 1830. The first-order valence-corrected chi connectivity index (χ1v) is 13.0. The van der Waals surface area contributed by atoms with Gasteiger partial charge in [-0.1, -0.05) is 115 Å². The van der Waals surface area contributed by atoms with E-state index in [2.05, 4.69) is 83.6 Å². The number of benzene rings is 5. The average Bonchev–Trinajstić information content (AvgIpc) is 3.42. The maximum absolute atomic E-state index is 4.92. The van der Waals surface area contributed by atoms with Gasteiger partial charge in [0.25, 0.3) is 0 Å². The fourth-order valence-corrected chi connectivity index (χ4v) is 4.98. The summed E-state index contributed by atoms with van der Waals surface area (Å²) in [5.41, 5.74) is 7.44. The molecule has 0 aliphatic rings. The topological polar surface area (TPSA) is 43.6 Å². The Morgan fingerprint density at radius 3 is 1.54 bits per heavy atom. The summed E-state index contributed by atoms with van der Waals surface area (Å²) in [5.74, 6) is 1.97. The molecule has 0 bridgehead atoms. The van der Waals surface area contributed by atoms with Gasteiger partial charge in [0.05, 0.1) is 5.52 Å². The molecule has 0 atom stereocenters. The van der Waals surface area contributed by atoms with Crippen molar-refractivity contribution in [1.82, 2.24) is 19.5 Å². The van der Waals surface area contributed by atoms with Crippen molar-refractivity contribution < 1.29 is 0 Å². The van der Waals surface area contributed by atoms with E-state index in [0.29, 0.717) is 17.5 Å². The maximum Gasteiger partial charge on any atom is 0.164 e. The largest absolute Gasteiger partial charge is 0.316 e. The standard InChI is InChI=1S/C35H24N4/c1-4-13-25(14-5-1)33-36-34(26-15-6-2-7-16-26)38-35(37-33)28-18-12-17-27(23-28)31-24-39(29-19-8-3-9-20-29)32-22-11-10-21-30(31)32/h1-24H. The minimum atomic E-state index is 0.649. The number of para-hydroxylation sites is 2. The monoisotopic (exact) mass is 500 g/mol. The second kappa shape index (κ2) is 9.84. The van der Waals surface area contributed by atoms with Crippen molar-refractivity contribution in [2.24, 2.45) is 0 Å². The SMILES string of the molecule is c1ccc(-c2nc(-c3ccccc3)nc(-c3cccc(-c4cn(-c5ccccc5)c5ccccc45)c3)n2)cc1. The first kappa shape index (κ1) is 22.8. The third kappa shape index (κ3) is 4.38. The van der Waals surface area contributed by atoms with Gasteiger partial charge in [-0.25, -0.2) is 15.0 Å². The molecule has 7 rings (SSSR count). The lowest BCUT2D eigenvalue weighted by Crippen LogP contribution is -2.00. The molecule has 4 heteroatoms. The van der Waals surface area contributed by atoms with Gasteiger partial charge >= 0.3 is 0 Å². The van der Waals surface area contributed by atoms with Crippen LogP contribution in [0.25, 0.3) is 61.9 Å². The predicted octanol–water partition coefficient (Wildman–Crippen LogP) is 8.48. The van der Waals surface area contributed by atoms with Gasteiger partial charge < -0.3 is 4.57 Å². The molecule has 0 radical (unpaired) electrons. The molecule has 184 valence electrons. The number of fused-ring (bicyclic) bond motifs is 1. The van der Waals surface area contributed by atoms with E-state index in [4.69, 9.17) is 15.0 Å². The summed E-state index contributed by atoms with van der Waals surface area (Å²) in [7, 11) is 0. The summed E-state index contributed by atoms with van der Waals surface area (Å²) in [6.45, 7) is 0. The molecule has 5 aromatic carbocycles. The molecule has 0 aliphatic carbocycles. The minimum Gasteiger partial charge on any atom is -0.316 e. The molecule has 39 heavy (non-hydrogen) atoms.